The van der Waals surface area contributed by atoms with Crippen LogP contribution in [0.25, 0.3) is 0 Å². The molecule has 4 nitrogen and oxygen atoms in total. The van der Waals surface area contributed by atoms with Crippen LogP contribution in [0.4, 0.5) is 0 Å². The van der Waals surface area contributed by atoms with Crippen LogP contribution in [0.1, 0.15) is 12.0 Å². The summed E-state index contributed by atoms with van der Waals surface area (Å²) in [7, 11) is 1.70. The summed E-state index contributed by atoms with van der Waals surface area (Å²) in [5.74, 6) is 1.81. The molecule has 0 bridgehead atoms. The summed E-state index contributed by atoms with van der Waals surface area (Å²) in [6, 6.07) is 12.1. The van der Waals surface area contributed by atoms with Gasteiger partial charge in [0.2, 0.25) is 0 Å². The maximum Gasteiger partial charge on any atom is 0.122 e. The fraction of sp³-hybridized carbons (Fsp3) is 0.353. The number of benzene rings is 1. The minimum Gasteiger partial charge on any atom is -0.497 e. The van der Waals surface area contributed by atoms with Crippen molar-refractivity contribution in [3.63, 3.8) is 0 Å². The molecule has 110 valence electrons. The van der Waals surface area contributed by atoms with Crippen molar-refractivity contribution in [2.24, 2.45) is 0 Å². The maximum atomic E-state index is 5.98. The van der Waals surface area contributed by atoms with E-state index in [4.69, 9.17) is 9.47 Å². The SMILES string of the molecule is COc1cccc(CN2CCC(Oc3ccncc3)C2)c1. The Morgan fingerprint density at radius 3 is 2.86 bits per heavy atom. The fourth-order valence-corrected chi connectivity index (χ4v) is 2.68. The van der Waals surface area contributed by atoms with Crippen molar-refractivity contribution in [2.45, 2.75) is 19.1 Å². The van der Waals surface area contributed by atoms with Gasteiger partial charge in [-0.25, -0.2) is 0 Å². The van der Waals surface area contributed by atoms with Crippen LogP contribution in [0.3, 0.4) is 0 Å². The molecule has 1 aliphatic rings. The quantitative estimate of drug-likeness (QED) is 0.845. The Balaban J connectivity index is 1.54. The van der Waals surface area contributed by atoms with Crippen LogP contribution < -0.4 is 9.47 Å². The molecular weight excluding hydrogens is 264 g/mol. The number of likely N-dealkylation sites (tertiary alicyclic amines) is 1. The lowest BCUT2D eigenvalue weighted by molar-refractivity contribution is 0.198. The summed E-state index contributed by atoms with van der Waals surface area (Å²) >= 11 is 0. The molecule has 1 aliphatic heterocycles. The fourth-order valence-electron chi connectivity index (χ4n) is 2.68. The van der Waals surface area contributed by atoms with E-state index in [1.54, 1.807) is 19.5 Å². The molecule has 1 unspecified atom stereocenters. The molecule has 0 saturated carbocycles. The second kappa shape index (κ2) is 6.59. The number of ether oxygens (including phenoxy) is 2. The third-order valence-corrected chi connectivity index (χ3v) is 3.72. The highest BCUT2D eigenvalue weighted by molar-refractivity contribution is 5.28. The van der Waals surface area contributed by atoms with E-state index in [0.29, 0.717) is 0 Å². The second-order valence-corrected chi connectivity index (χ2v) is 5.30. The first-order valence-corrected chi connectivity index (χ1v) is 7.25. The highest BCUT2D eigenvalue weighted by Gasteiger charge is 2.23. The van der Waals surface area contributed by atoms with E-state index in [0.717, 1.165) is 37.6 Å². The molecule has 1 saturated heterocycles. The predicted molar refractivity (Wildman–Crippen MR) is 81.5 cm³/mol. The molecular formula is C17H20N2O2. The van der Waals surface area contributed by atoms with Gasteiger partial charge < -0.3 is 9.47 Å². The molecule has 0 amide bonds. The highest BCUT2D eigenvalue weighted by atomic mass is 16.5. The van der Waals surface area contributed by atoms with Crippen molar-refractivity contribution < 1.29 is 9.47 Å². The van der Waals surface area contributed by atoms with Crippen molar-refractivity contribution in [1.82, 2.24) is 9.88 Å². The molecule has 1 aromatic heterocycles. The van der Waals surface area contributed by atoms with Crippen molar-refractivity contribution in [1.29, 1.82) is 0 Å². The lowest BCUT2D eigenvalue weighted by atomic mass is 10.2. The van der Waals surface area contributed by atoms with E-state index >= 15 is 0 Å². The van der Waals surface area contributed by atoms with Gasteiger partial charge in [0.1, 0.15) is 17.6 Å². The molecule has 21 heavy (non-hydrogen) atoms. The first-order valence-electron chi connectivity index (χ1n) is 7.25. The number of hydrogen-bond acceptors (Lipinski definition) is 4. The summed E-state index contributed by atoms with van der Waals surface area (Å²) in [5, 5.41) is 0. The van der Waals surface area contributed by atoms with E-state index in [1.165, 1.54) is 5.56 Å². The van der Waals surface area contributed by atoms with E-state index in [9.17, 15) is 0 Å². The number of methoxy groups -OCH3 is 1. The van der Waals surface area contributed by atoms with Crippen LogP contribution >= 0.6 is 0 Å². The Morgan fingerprint density at radius 1 is 1.19 bits per heavy atom. The van der Waals surface area contributed by atoms with Crippen LogP contribution in [0.15, 0.2) is 48.8 Å². The summed E-state index contributed by atoms with van der Waals surface area (Å²) in [5.41, 5.74) is 1.28. The van der Waals surface area contributed by atoms with E-state index in [-0.39, 0.29) is 6.10 Å². The van der Waals surface area contributed by atoms with Gasteiger partial charge in [0.15, 0.2) is 0 Å². The van der Waals surface area contributed by atoms with Crippen LogP contribution in [-0.4, -0.2) is 36.2 Å². The average Bonchev–Trinajstić information content (AvgIpc) is 2.95. The van der Waals surface area contributed by atoms with Gasteiger partial charge in [-0.3, -0.25) is 9.88 Å². The first-order chi connectivity index (χ1) is 10.3. The lowest BCUT2D eigenvalue weighted by Crippen LogP contribution is -2.24. The minimum atomic E-state index is 0.262. The third kappa shape index (κ3) is 3.73. The minimum absolute atomic E-state index is 0.262. The van der Waals surface area contributed by atoms with Crippen molar-refractivity contribution in [3.05, 3.63) is 54.4 Å². The van der Waals surface area contributed by atoms with Crippen molar-refractivity contribution in [3.8, 4) is 11.5 Å². The summed E-state index contributed by atoms with van der Waals surface area (Å²) in [6.45, 7) is 2.96. The largest absolute Gasteiger partial charge is 0.497 e. The van der Waals surface area contributed by atoms with Gasteiger partial charge in [-0.1, -0.05) is 12.1 Å². The normalized spacial score (nSPS) is 18.6. The molecule has 1 atom stereocenters. The molecule has 1 fully saturated rings. The highest BCUT2D eigenvalue weighted by Crippen LogP contribution is 2.20. The molecule has 0 aliphatic carbocycles. The van der Waals surface area contributed by atoms with Gasteiger partial charge in [0.25, 0.3) is 0 Å². The molecule has 4 heteroatoms. The molecule has 3 rings (SSSR count). The number of hydrogen-bond donors (Lipinski definition) is 0. The Hall–Kier alpha value is -2.07. The van der Waals surface area contributed by atoms with Gasteiger partial charge in [0, 0.05) is 32.0 Å². The monoisotopic (exact) mass is 284 g/mol. The van der Waals surface area contributed by atoms with Gasteiger partial charge in [0.05, 0.1) is 7.11 Å². The van der Waals surface area contributed by atoms with E-state index < -0.39 is 0 Å². The Bertz CT molecular complexity index is 574. The number of rotatable bonds is 5. The van der Waals surface area contributed by atoms with Gasteiger partial charge in [-0.05, 0) is 36.2 Å². The summed E-state index contributed by atoms with van der Waals surface area (Å²) < 4.78 is 11.3. The Kier molecular flexibility index (Phi) is 4.36. The van der Waals surface area contributed by atoms with Crippen LogP contribution in [0, 0.1) is 0 Å². The van der Waals surface area contributed by atoms with Crippen molar-refractivity contribution >= 4 is 0 Å². The standard InChI is InChI=1S/C17H20N2O2/c1-20-16-4-2-3-14(11-16)12-19-10-7-17(13-19)21-15-5-8-18-9-6-15/h2-6,8-9,11,17H,7,10,12-13H2,1H3. The predicted octanol–water partition coefficient (Wildman–Crippen LogP) is 2.74. The summed E-state index contributed by atoms with van der Waals surface area (Å²) in [6.07, 6.45) is 4.85. The second-order valence-electron chi connectivity index (χ2n) is 5.30. The van der Waals surface area contributed by atoms with Crippen molar-refractivity contribution in [2.75, 3.05) is 20.2 Å². The van der Waals surface area contributed by atoms with Gasteiger partial charge >= 0.3 is 0 Å². The van der Waals surface area contributed by atoms with Gasteiger partial charge in [-0.2, -0.15) is 0 Å². The zero-order chi connectivity index (χ0) is 14.5. The Morgan fingerprint density at radius 2 is 2.05 bits per heavy atom. The molecule has 2 heterocycles. The molecule has 0 N–H and O–H groups in total. The first kappa shape index (κ1) is 13.9. The third-order valence-electron chi connectivity index (χ3n) is 3.72. The van der Waals surface area contributed by atoms with E-state index in [2.05, 4.69) is 22.0 Å². The zero-order valence-corrected chi connectivity index (χ0v) is 12.2. The van der Waals surface area contributed by atoms with Crippen LogP contribution in [-0.2, 0) is 6.54 Å². The number of aromatic nitrogens is 1. The molecule has 2 aromatic rings. The van der Waals surface area contributed by atoms with E-state index in [1.807, 2.05) is 24.3 Å². The van der Waals surface area contributed by atoms with Crippen LogP contribution in [0.2, 0.25) is 0 Å². The average molecular weight is 284 g/mol. The van der Waals surface area contributed by atoms with Crippen LogP contribution in [0.5, 0.6) is 11.5 Å². The lowest BCUT2D eigenvalue weighted by Gasteiger charge is -2.17. The zero-order valence-electron chi connectivity index (χ0n) is 12.2. The number of nitrogens with zero attached hydrogens (tertiary/aromatic N) is 2. The summed E-state index contributed by atoms with van der Waals surface area (Å²) in [4.78, 5) is 6.42. The Labute approximate surface area is 125 Å². The number of pyridine rings is 1. The van der Waals surface area contributed by atoms with Gasteiger partial charge in [-0.15, -0.1) is 0 Å². The molecule has 0 spiro atoms. The molecule has 1 aromatic carbocycles. The molecule has 0 radical (unpaired) electrons. The topological polar surface area (TPSA) is 34.6 Å². The maximum absolute atomic E-state index is 5.98. The smallest absolute Gasteiger partial charge is 0.122 e.